The number of rotatable bonds is 5. The number of ether oxygens (including phenoxy) is 1. The molecular weight excluding hydrogens is 485 g/mol. The number of piperidine rings is 1. The average Bonchev–Trinajstić information content (AvgIpc) is 3.21. The van der Waals surface area contributed by atoms with E-state index in [1.165, 1.54) is 30.7 Å². The predicted molar refractivity (Wildman–Crippen MR) is 117 cm³/mol. The molecule has 1 aliphatic rings. The first kappa shape index (κ1) is 23.6. The summed E-state index contributed by atoms with van der Waals surface area (Å²) in [7, 11) is 0. The van der Waals surface area contributed by atoms with Crippen LogP contribution in [0.5, 0.6) is 5.75 Å². The third-order valence-corrected chi connectivity index (χ3v) is 6.08. The van der Waals surface area contributed by atoms with Gasteiger partial charge in [-0.15, -0.1) is 0 Å². The number of nitrogen functional groups attached to an aromatic ring is 1. The first-order valence-corrected chi connectivity index (χ1v) is 10.7. The molecule has 1 unspecified atom stereocenters. The van der Waals surface area contributed by atoms with Gasteiger partial charge in [0.2, 0.25) is 0 Å². The second-order valence-electron chi connectivity index (χ2n) is 7.69. The molecule has 4 rings (SSSR count). The van der Waals surface area contributed by atoms with Crippen molar-refractivity contribution in [3.8, 4) is 16.9 Å². The van der Waals surface area contributed by atoms with E-state index in [2.05, 4.69) is 15.4 Å². The van der Waals surface area contributed by atoms with E-state index in [0.717, 1.165) is 10.7 Å². The summed E-state index contributed by atoms with van der Waals surface area (Å²) in [6.07, 6.45) is 1.45. The van der Waals surface area contributed by atoms with Crippen molar-refractivity contribution in [2.75, 3.05) is 18.8 Å². The van der Waals surface area contributed by atoms with Crippen LogP contribution in [0.1, 0.15) is 24.6 Å². The number of halogens is 6. The van der Waals surface area contributed by atoms with Crippen molar-refractivity contribution in [3.63, 3.8) is 0 Å². The van der Waals surface area contributed by atoms with Gasteiger partial charge in [0.25, 0.3) is 5.92 Å². The molecular formula is C21H19Cl2F4N5O. The lowest BCUT2D eigenvalue weighted by molar-refractivity contribution is -0.0977. The van der Waals surface area contributed by atoms with E-state index < -0.39 is 36.6 Å². The molecule has 1 saturated heterocycles. The Hall–Kier alpha value is -2.56. The van der Waals surface area contributed by atoms with Gasteiger partial charge in [0.15, 0.2) is 11.6 Å². The van der Waals surface area contributed by atoms with Crippen LogP contribution in [0.15, 0.2) is 36.8 Å². The van der Waals surface area contributed by atoms with E-state index in [4.69, 9.17) is 33.7 Å². The molecule has 0 aliphatic carbocycles. The van der Waals surface area contributed by atoms with Crippen LogP contribution in [0.2, 0.25) is 10.0 Å². The third-order valence-electron chi connectivity index (χ3n) is 5.37. The number of alkyl halides is 3. The minimum atomic E-state index is -3.31. The zero-order chi connectivity index (χ0) is 23.9. The molecule has 1 fully saturated rings. The SMILES string of the molecule is C[C@@H](Oc1cc(-c2cnn(C3[C@@H](F)CNCC3(F)F)c2)cnc1N)c1c(Cl)ccc(F)c1Cl. The molecule has 12 heteroatoms. The van der Waals surface area contributed by atoms with E-state index >= 15 is 0 Å². The van der Waals surface area contributed by atoms with Gasteiger partial charge in [-0.05, 0) is 25.1 Å². The largest absolute Gasteiger partial charge is 0.482 e. The van der Waals surface area contributed by atoms with Crippen molar-refractivity contribution in [3.05, 3.63) is 58.2 Å². The first-order chi connectivity index (χ1) is 15.6. The summed E-state index contributed by atoms with van der Waals surface area (Å²) in [4.78, 5) is 4.07. The predicted octanol–water partition coefficient (Wildman–Crippen LogP) is 5.23. The summed E-state index contributed by atoms with van der Waals surface area (Å²) in [5.41, 5.74) is 7.01. The van der Waals surface area contributed by atoms with Gasteiger partial charge in [-0.25, -0.2) is 22.5 Å². The molecule has 0 radical (unpaired) electrons. The smallest absolute Gasteiger partial charge is 0.285 e. The molecule has 0 spiro atoms. The van der Waals surface area contributed by atoms with Crippen LogP contribution >= 0.6 is 23.2 Å². The van der Waals surface area contributed by atoms with Crippen LogP contribution in [0.4, 0.5) is 23.4 Å². The van der Waals surface area contributed by atoms with Gasteiger partial charge in [0.05, 0.1) is 17.8 Å². The number of nitrogens with two attached hydrogens (primary N) is 1. The molecule has 3 atom stereocenters. The molecule has 0 amide bonds. The molecule has 33 heavy (non-hydrogen) atoms. The highest BCUT2D eigenvalue weighted by Gasteiger charge is 2.49. The van der Waals surface area contributed by atoms with Crippen LogP contribution in [0.25, 0.3) is 11.1 Å². The highest BCUT2D eigenvalue weighted by molar-refractivity contribution is 6.36. The molecule has 0 bridgehead atoms. The zero-order valence-corrected chi connectivity index (χ0v) is 18.7. The van der Waals surface area contributed by atoms with E-state index in [-0.39, 0.29) is 33.7 Å². The Kier molecular flexibility index (Phi) is 6.43. The molecule has 1 aromatic carbocycles. The minimum absolute atomic E-state index is 0.0374. The van der Waals surface area contributed by atoms with Crippen LogP contribution in [-0.2, 0) is 0 Å². The summed E-state index contributed by atoms with van der Waals surface area (Å²) in [5.74, 6) is -3.79. The zero-order valence-electron chi connectivity index (χ0n) is 17.2. The van der Waals surface area contributed by atoms with Gasteiger partial charge in [0, 0.05) is 40.7 Å². The fraction of sp³-hybridized carbons (Fsp3) is 0.333. The molecule has 3 aromatic rings. The Labute approximate surface area is 196 Å². The summed E-state index contributed by atoms with van der Waals surface area (Å²) in [6, 6.07) is 2.29. The molecule has 6 nitrogen and oxygen atoms in total. The molecule has 3 heterocycles. The summed E-state index contributed by atoms with van der Waals surface area (Å²) >= 11 is 12.2. The number of benzene rings is 1. The van der Waals surface area contributed by atoms with Gasteiger partial charge >= 0.3 is 0 Å². The normalized spacial score (nSPS) is 21.1. The van der Waals surface area contributed by atoms with Gasteiger partial charge in [-0.1, -0.05) is 23.2 Å². The number of anilines is 1. The Morgan fingerprint density at radius 2 is 2.03 bits per heavy atom. The first-order valence-electron chi connectivity index (χ1n) is 9.91. The molecule has 1 aliphatic heterocycles. The highest BCUT2D eigenvalue weighted by Crippen LogP contribution is 2.38. The molecule has 3 N–H and O–H groups in total. The Morgan fingerprint density at radius 1 is 1.27 bits per heavy atom. The van der Waals surface area contributed by atoms with Crippen molar-refractivity contribution < 1.29 is 22.3 Å². The maximum Gasteiger partial charge on any atom is 0.285 e. The lowest BCUT2D eigenvalue weighted by atomic mass is 10.0. The maximum atomic E-state index is 14.3. The lowest BCUT2D eigenvalue weighted by Gasteiger charge is -2.34. The summed E-state index contributed by atoms with van der Waals surface area (Å²) in [6.45, 7) is 0.773. The molecule has 2 aromatic heterocycles. The van der Waals surface area contributed by atoms with E-state index in [9.17, 15) is 17.6 Å². The standard InChI is InChI=1S/C21H19Cl2F4N5O/c1-10(17-13(22)2-3-14(24)18(17)23)33-16-4-11(5-30-20(16)28)12-6-31-32(8-12)19-15(25)7-29-9-21(19,26)27/h2-6,8,10,15,19,29H,7,9H2,1H3,(H2,28,30)/t10-,15+,19?/m1/s1. The number of pyridine rings is 1. The maximum absolute atomic E-state index is 14.3. The fourth-order valence-corrected chi connectivity index (χ4v) is 4.41. The van der Waals surface area contributed by atoms with Gasteiger partial charge in [-0.2, -0.15) is 5.10 Å². The monoisotopic (exact) mass is 503 g/mol. The van der Waals surface area contributed by atoms with Gasteiger partial charge in [-0.3, -0.25) is 4.68 Å². The van der Waals surface area contributed by atoms with Crippen LogP contribution in [0, 0.1) is 5.82 Å². The fourth-order valence-electron chi connectivity index (χ4n) is 3.73. The molecule has 0 saturated carbocycles. The highest BCUT2D eigenvalue weighted by atomic mass is 35.5. The van der Waals surface area contributed by atoms with E-state index in [0.29, 0.717) is 11.1 Å². The topological polar surface area (TPSA) is 78.0 Å². The summed E-state index contributed by atoms with van der Waals surface area (Å²) in [5, 5.41) is 6.35. The van der Waals surface area contributed by atoms with Gasteiger partial charge < -0.3 is 15.8 Å². The number of nitrogens with zero attached hydrogens (tertiary/aromatic N) is 3. The van der Waals surface area contributed by atoms with Crippen LogP contribution in [0.3, 0.4) is 0 Å². The van der Waals surface area contributed by atoms with Crippen molar-refractivity contribution in [2.45, 2.75) is 31.2 Å². The lowest BCUT2D eigenvalue weighted by Crippen LogP contribution is -2.53. The third kappa shape index (κ3) is 4.60. The second-order valence-corrected chi connectivity index (χ2v) is 8.47. The van der Waals surface area contributed by atoms with E-state index in [1.54, 1.807) is 6.92 Å². The number of nitrogens with one attached hydrogen (secondary N) is 1. The van der Waals surface area contributed by atoms with Crippen molar-refractivity contribution >= 4 is 29.0 Å². The molecule has 176 valence electrons. The van der Waals surface area contributed by atoms with Crippen molar-refractivity contribution in [1.82, 2.24) is 20.1 Å². The minimum Gasteiger partial charge on any atom is -0.482 e. The van der Waals surface area contributed by atoms with Gasteiger partial charge in [0.1, 0.15) is 24.1 Å². The number of aromatic nitrogens is 3. The van der Waals surface area contributed by atoms with Crippen LogP contribution < -0.4 is 15.8 Å². The Bertz CT molecular complexity index is 1180. The van der Waals surface area contributed by atoms with Crippen molar-refractivity contribution in [1.29, 1.82) is 0 Å². The average molecular weight is 504 g/mol. The number of hydrogen-bond acceptors (Lipinski definition) is 5. The van der Waals surface area contributed by atoms with Crippen LogP contribution in [-0.4, -0.2) is 39.9 Å². The quantitative estimate of drug-likeness (QED) is 0.368. The van der Waals surface area contributed by atoms with E-state index in [1.807, 2.05) is 0 Å². The Balaban J connectivity index is 1.62. The Morgan fingerprint density at radius 3 is 2.76 bits per heavy atom. The summed E-state index contributed by atoms with van der Waals surface area (Å²) < 4.78 is 63.5. The number of hydrogen-bond donors (Lipinski definition) is 2. The second kappa shape index (κ2) is 9.00. The van der Waals surface area contributed by atoms with Crippen molar-refractivity contribution in [2.24, 2.45) is 0 Å².